The molecule has 0 aliphatic heterocycles. The van der Waals surface area contributed by atoms with Gasteiger partial charge < -0.3 is 4.74 Å². The van der Waals surface area contributed by atoms with Crippen LogP contribution < -0.4 is 10.0 Å². The van der Waals surface area contributed by atoms with Gasteiger partial charge in [-0.3, -0.25) is 5.32 Å². The Bertz CT molecular complexity index is 884. The first-order valence-corrected chi connectivity index (χ1v) is 7.98. The van der Waals surface area contributed by atoms with E-state index in [0.29, 0.717) is 5.82 Å². The Morgan fingerprint density at radius 3 is 2.54 bits per heavy atom. The molecule has 11 heteroatoms. The van der Waals surface area contributed by atoms with Crippen LogP contribution in [-0.4, -0.2) is 42.5 Å². The topological polar surface area (TPSA) is 140 Å². The number of anilines is 1. The lowest BCUT2D eigenvalue weighted by molar-refractivity contribution is 0.0596. The molecule has 0 atom stereocenters. The lowest BCUT2D eigenvalue weighted by Crippen LogP contribution is -2.35. The Morgan fingerprint density at radius 1 is 1.17 bits per heavy atom. The van der Waals surface area contributed by atoms with Crippen LogP contribution in [0, 0.1) is 6.92 Å². The van der Waals surface area contributed by atoms with Crippen molar-refractivity contribution in [2.24, 2.45) is 0 Å². The number of esters is 1. The van der Waals surface area contributed by atoms with Crippen LogP contribution >= 0.6 is 0 Å². The van der Waals surface area contributed by atoms with E-state index in [2.05, 4.69) is 25.0 Å². The molecule has 2 N–H and O–H groups in total. The van der Waals surface area contributed by atoms with Crippen molar-refractivity contribution >= 4 is 28.0 Å². The Morgan fingerprint density at radius 2 is 1.88 bits per heavy atom. The number of aryl methyl sites for hydroxylation is 1. The SMILES string of the molecule is COC(=O)c1ccccc1S(=O)(=O)NC(=O)Nc1ncnc(C)n1. The van der Waals surface area contributed by atoms with Crippen molar-refractivity contribution in [3.8, 4) is 0 Å². The van der Waals surface area contributed by atoms with Crippen molar-refractivity contribution < 1.29 is 22.7 Å². The van der Waals surface area contributed by atoms with Crippen LogP contribution in [0.2, 0.25) is 0 Å². The van der Waals surface area contributed by atoms with Crippen LogP contribution in [0.25, 0.3) is 0 Å². The largest absolute Gasteiger partial charge is 0.465 e. The molecule has 0 radical (unpaired) electrons. The summed E-state index contributed by atoms with van der Waals surface area (Å²) in [6, 6.07) is 4.25. The highest BCUT2D eigenvalue weighted by Crippen LogP contribution is 2.16. The number of hydrogen-bond donors (Lipinski definition) is 2. The highest BCUT2D eigenvalue weighted by atomic mass is 32.2. The first kappa shape index (κ1) is 17.3. The molecule has 0 fully saturated rings. The maximum atomic E-state index is 12.3. The number of nitrogens with one attached hydrogen (secondary N) is 2. The van der Waals surface area contributed by atoms with Gasteiger partial charge in [0, 0.05) is 0 Å². The fourth-order valence-electron chi connectivity index (χ4n) is 1.72. The minimum Gasteiger partial charge on any atom is -0.465 e. The van der Waals surface area contributed by atoms with Gasteiger partial charge in [-0.05, 0) is 19.1 Å². The number of sulfonamides is 1. The fourth-order valence-corrected chi connectivity index (χ4v) is 2.83. The molecule has 24 heavy (non-hydrogen) atoms. The number of nitrogens with zero attached hydrogens (tertiary/aromatic N) is 3. The zero-order chi connectivity index (χ0) is 17.7. The third-order valence-electron chi connectivity index (χ3n) is 2.73. The van der Waals surface area contributed by atoms with E-state index < -0.39 is 22.0 Å². The van der Waals surface area contributed by atoms with E-state index in [1.54, 1.807) is 11.6 Å². The number of ether oxygens (including phenoxy) is 1. The second-order valence-corrected chi connectivity index (χ2v) is 6.05. The molecule has 0 aliphatic rings. The van der Waals surface area contributed by atoms with Crippen molar-refractivity contribution in [1.82, 2.24) is 19.7 Å². The predicted octanol–water partition coefficient (Wildman–Crippen LogP) is 0.477. The summed E-state index contributed by atoms with van der Waals surface area (Å²) in [6.45, 7) is 1.58. The normalized spacial score (nSPS) is 10.8. The number of hydrogen-bond acceptors (Lipinski definition) is 8. The van der Waals surface area contributed by atoms with E-state index in [1.165, 1.54) is 30.6 Å². The van der Waals surface area contributed by atoms with Gasteiger partial charge in [0.2, 0.25) is 5.95 Å². The van der Waals surface area contributed by atoms with Crippen molar-refractivity contribution in [1.29, 1.82) is 0 Å². The summed E-state index contributed by atoms with van der Waals surface area (Å²) >= 11 is 0. The van der Waals surface area contributed by atoms with E-state index in [4.69, 9.17) is 0 Å². The summed E-state index contributed by atoms with van der Waals surface area (Å²) in [5.74, 6) is -0.611. The summed E-state index contributed by atoms with van der Waals surface area (Å²) in [5.41, 5.74) is -0.198. The summed E-state index contributed by atoms with van der Waals surface area (Å²) in [7, 11) is -3.19. The molecule has 1 aromatic carbocycles. The zero-order valence-corrected chi connectivity index (χ0v) is 13.5. The molecule has 0 bridgehead atoms. The molecule has 0 aliphatic carbocycles. The zero-order valence-electron chi connectivity index (χ0n) is 12.7. The Labute approximate surface area is 137 Å². The smallest absolute Gasteiger partial charge is 0.339 e. The number of benzene rings is 1. The predicted molar refractivity (Wildman–Crippen MR) is 81.7 cm³/mol. The number of carbonyl (C=O) groups is 2. The number of carbonyl (C=O) groups excluding carboxylic acids is 2. The number of aromatic nitrogens is 3. The third kappa shape index (κ3) is 4.01. The monoisotopic (exact) mass is 351 g/mol. The van der Waals surface area contributed by atoms with Crippen LogP contribution in [0.3, 0.4) is 0 Å². The number of methoxy groups -OCH3 is 1. The Hall–Kier alpha value is -3.08. The maximum Gasteiger partial charge on any atom is 0.339 e. The van der Waals surface area contributed by atoms with Crippen molar-refractivity contribution in [3.63, 3.8) is 0 Å². The van der Waals surface area contributed by atoms with Gasteiger partial charge in [-0.2, -0.15) is 4.98 Å². The van der Waals surface area contributed by atoms with E-state index in [9.17, 15) is 18.0 Å². The summed E-state index contributed by atoms with van der Waals surface area (Å²) in [4.78, 5) is 34.3. The molecular weight excluding hydrogens is 338 g/mol. The van der Waals surface area contributed by atoms with Crippen molar-refractivity contribution in [3.05, 3.63) is 42.0 Å². The number of urea groups is 1. The Balaban J connectivity index is 2.23. The standard InChI is InChI=1S/C13H13N5O5S/c1-8-14-7-15-12(16-8)17-13(20)18-24(21,22)10-6-4-3-5-9(10)11(19)23-2/h3-7H,1-2H3,(H2,14,15,16,17,18,20). The van der Waals surface area contributed by atoms with Gasteiger partial charge in [0.25, 0.3) is 10.0 Å². The summed E-state index contributed by atoms with van der Waals surface area (Å²) in [6.07, 6.45) is 1.17. The van der Waals surface area contributed by atoms with Gasteiger partial charge in [-0.1, -0.05) is 12.1 Å². The van der Waals surface area contributed by atoms with Crippen LogP contribution in [0.4, 0.5) is 10.7 Å². The van der Waals surface area contributed by atoms with Crippen LogP contribution in [0.1, 0.15) is 16.2 Å². The number of rotatable bonds is 4. The van der Waals surface area contributed by atoms with Gasteiger partial charge in [0.15, 0.2) is 0 Å². The van der Waals surface area contributed by atoms with Crippen molar-refractivity contribution in [2.45, 2.75) is 11.8 Å². The lowest BCUT2D eigenvalue weighted by atomic mass is 10.2. The van der Waals surface area contributed by atoms with E-state index in [0.717, 1.165) is 7.11 Å². The van der Waals surface area contributed by atoms with Gasteiger partial charge in [0.1, 0.15) is 17.0 Å². The molecule has 2 aromatic rings. The molecular formula is C13H13N5O5S. The highest BCUT2D eigenvalue weighted by Gasteiger charge is 2.24. The second kappa shape index (κ2) is 7.00. The van der Waals surface area contributed by atoms with E-state index in [1.807, 2.05) is 0 Å². The van der Waals surface area contributed by atoms with Crippen LogP contribution in [-0.2, 0) is 14.8 Å². The summed E-state index contributed by atoms with van der Waals surface area (Å²) < 4.78 is 30.9. The fraction of sp³-hybridized carbons (Fsp3) is 0.154. The minimum atomic E-state index is -4.31. The Kier molecular flexibility index (Phi) is 5.04. The summed E-state index contributed by atoms with van der Waals surface area (Å²) in [5, 5.41) is 2.16. The highest BCUT2D eigenvalue weighted by molar-refractivity contribution is 7.90. The molecule has 1 aromatic heterocycles. The van der Waals surface area contributed by atoms with Gasteiger partial charge >= 0.3 is 12.0 Å². The molecule has 10 nitrogen and oxygen atoms in total. The molecule has 0 spiro atoms. The third-order valence-corrected chi connectivity index (χ3v) is 4.12. The lowest BCUT2D eigenvalue weighted by Gasteiger charge is -2.10. The molecule has 0 unspecified atom stereocenters. The molecule has 0 saturated carbocycles. The van der Waals surface area contributed by atoms with Crippen LogP contribution in [0.15, 0.2) is 35.5 Å². The quantitative estimate of drug-likeness (QED) is 0.758. The average Bonchev–Trinajstić information content (AvgIpc) is 2.53. The minimum absolute atomic E-state index is 0.114. The molecule has 126 valence electrons. The number of amides is 2. The molecule has 2 amide bonds. The second-order valence-electron chi connectivity index (χ2n) is 4.40. The first-order valence-electron chi connectivity index (χ1n) is 6.50. The van der Waals surface area contributed by atoms with Gasteiger partial charge in [0.05, 0.1) is 12.7 Å². The average molecular weight is 351 g/mol. The molecule has 2 rings (SSSR count). The van der Waals surface area contributed by atoms with E-state index in [-0.39, 0.29) is 16.4 Å². The molecule has 0 saturated heterocycles. The van der Waals surface area contributed by atoms with Crippen molar-refractivity contribution in [2.75, 3.05) is 12.4 Å². The first-order chi connectivity index (χ1) is 11.3. The molecule has 1 heterocycles. The van der Waals surface area contributed by atoms with Gasteiger partial charge in [-0.25, -0.2) is 32.7 Å². The van der Waals surface area contributed by atoms with E-state index >= 15 is 0 Å². The van der Waals surface area contributed by atoms with Gasteiger partial charge in [-0.15, -0.1) is 0 Å². The maximum absolute atomic E-state index is 12.3. The van der Waals surface area contributed by atoms with Crippen LogP contribution in [0.5, 0.6) is 0 Å².